The average Bonchev–Trinajstić information content (AvgIpc) is 2.96. The molecule has 0 bridgehead atoms. The zero-order valence-corrected chi connectivity index (χ0v) is 13.3. The summed E-state index contributed by atoms with van der Waals surface area (Å²) in [7, 11) is -3.46. The molecule has 0 aliphatic carbocycles. The predicted molar refractivity (Wildman–Crippen MR) is 81.2 cm³/mol. The Kier molecular flexibility index (Phi) is 4.37. The fourth-order valence-electron chi connectivity index (χ4n) is 2.91. The van der Waals surface area contributed by atoms with Crippen LogP contribution in [0.2, 0.25) is 0 Å². The molecule has 0 N–H and O–H groups in total. The predicted octanol–water partition coefficient (Wildman–Crippen LogP) is 1.26. The van der Waals surface area contributed by atoms with Crippen LogP contribution in [0.15, 0.2) is 24.3 Å². The van der Waals surface area contributed by atoms with Gasteiger partial charge in [-0.25, -0.2) is 12.7 Å². The molecule has 126 valence electrons. The number of hydrogen-bond donors (Lipinski definition) is 0. The molecule has 1 aromatic rings. The van der Waals surface area contributed by atoms with Crippen molar-refractivity contribution in [2.45, 2.75) is 24.4 Å². The van der Waals surface area contributed by atoms with Crippen LogP contribution >= 0.6 is 0 Å². The van der Waals surface area contributed by atoms with Crippen molar-refractivity contribution < 1.29 is 22.8 Å². The fourth-order valence-corrected chi connectivity index (χ4v) is 4.44. The SMILES string of the molecule is O=[N+]([O-])c1ccc(CS(=O)(=O)N2CCC3(CC2)OCCO3)cc1. The number of benzene rings is 1. The first kappa shape index (κ1) is 16.3. The first-order valence-electron chi connectivity index (χ1n) is 7.39. The van der Waals surface area contributed by atoms with Gasteiger partial charge in [-0.1, -0.05) is 12.1 Å². The third-order valence-electron chi connectivity index (χ3n) is 4.19. The van der Waals surface area contributed by atoms with E-state index in [1.165, 1.54) is 28.6 Å². The van der Waals surface area contributed by atoms with Crippen molar-refractivity contribution in [1.82, 2.24) is 4.31 Å². The maximum Gasteiger partial charge on any atom is 0.269 e. The van der Waals surface area contributed by atoms with E-state index in [0.29, 0.717) is 44.7 Å². The van der Waals surface area contributed by atoms with Crippen LogP contribution in [-0.2, 0) is 25.2 Å². The molecule has 0 unspecified atom stereocenters. The van der Waals surface area contributed by atoms with Crippen LogP contribution < -0.4 is 0 Å². The molecule has 2 heterocycles. The molecule has 3 rings (SSSR count). The molecule has 1 spiro atoms. The summed E-state index contributed by atoms with van der Waals surface area (Å²) in [5.41, 5.74) is 0.478. The summed E-state index contributed by atoms with van der Waals surface area (Å²) in [5, 5.41) is 10.6. The second kappa shape index (κ2) is 6.16. The highest BCUT2D eigenvalue weighted by atomic mass is 32.2. The molecule has 2 aliphatic heterocycles. The van der Waals surface area contributed by atoms with E-state index in [-0.39, 0.29) is 11.4 Å². The van der Waals surface area contributed by atoms with E-state index < -0.39 is 20.7 Å². The van der Waals surface area contributed by atoms with E-state index in [1.807, 2.05) is 0 Å². The lowest BCUT2D eigenvalue weighted by molar-refractivity contribution is -0.384. The van der Waals surface area contributed by atoms with E-state index in [4.69, 9.17) is 9.47 Å². The van der Waals surface area contributed by atoms with Crippen molar-refractivity contribution in [3.8, 4) is 0 Å². The summed E-state index contributed by atoms with van der Waals surface area (Å²) in [6, 6.07) is 5.58. The van der Waals surface area contributed by atoms with Gasteiger partial charge in [-0.05, 0) is 5.56 Å². The highest BCUT2D eigenvalue weighted by Crippen LogP contribution is 2.32. The molecular weight excluding hydrogens is 324 g/mol. The van der Waals surface area contributed by atoms with Crippen molar-refractivity contribution in [3.05, 3.63) is 39.9 Å². The van der Waals surface area contributed by atoms with Crippen molar-refractivity contribution in [3.63, 3.8) is 0 Å². The smallest absolute Gasteiger partial charge is 0.269 e. The van der Waals surface area contributed by atoms with Crippen molar-refractivity contribution in [2.75, 3.05) is 26.3 Å². The standard InChI is InChI=1S/C14H18N2O6S/c17-16(18)13-3-1-12(2-4-13)11-23(19,20)15-7-5-14(6-8-15)21-9-10-22-14/h1-4H,5-11H2. The number of nitrogens with zero attached hydrogens (tertiary/aromatic N) is 2. The molecule has 1 aromatic carbocycles. The number of rotatable bonds is 4. The Morgan fingerprint density at radius 3 is 2.22 bits per heavy atom. The number of nitro groups is 1. The molecule has 23 heavy (non-hydrogen) atoms. The Balaban J connectivity index is 1.64. The quantitative estimate of drug-likeness (QED) is 0.603. The minimum atomic E-state index is -3.46. The van der Waals surface area contributed by atoms with Gasteiger partial charge in [0, 0.05) is 38.1 Å². The van der Waals surface area contributed by atoms with Crippen LogP contribution in [0.1, 0.15) is 18.4 Å². The van der Waals surface area contributed by atoms with Crippen LogP contribution in [0.4, 0.5) is 5.69 Å². The molecule has 9 heteroatoms. The monoisotopic (exact) mass is 342 g/mol. The molecule has 2 aliphatic rings. The van der Waals surface area contributed by atoms with E-state index in [1.54, 1.807) is 0 Å². The molecule has 0 aromatic heterocycles. The summed E-state index contributed by atoms with van der Waals surface area (Å²) in [6.45, 7) is 1.82. The Bertz CT molecular complexity index is 672. The van der Waals surface area contributed by atoms with Crippen molar-refractivity contribution in [1.29, 1.82) is 0 Å². The number of nitro benzene ring substituents is 1. The number of ether oxygens (including phenoxy) is 2. The molecule has 2 saturated heterocycles. The summed E-state index contributed by atoms with van der Waals surface area (Å²) in [6.07, 6.45) is 1.04. The van der Waals surface area contributed by atoms with Gasteiger partial charge < -0.3 is 9.47 Å². The maximum absolute atomic E-state index is 12.5. The lowest BCUT2D eigenvalue weighted by Gasteiger charge is -2.36. The summed E-state index contributed by atoms with van der Waals surface area (Å²) in [5.74, 6) is -0.779. The Hall–Kier alpha value is -1.55. The molecule has 2 fully saturated rings. The number of sulfonamides is 1. The first-order valence-corrected chi connectivity index (χ1v) is 9.00. The topological polar surface area (TPSA) is 99.0 Å². The van der Waals surface area contributed by atoms with Gasteiger partial charge in [0.2, 0.25) is 10.0 Å². The lowest BCUT2D eigenvalue weighted by atomic mass is 10.1. The van der Waals surface area contributed by atoms with E-state index in [2.05, 4.69) is 0 Å². The largest absolute Gasteiger partial charge is 0.347 e. The Morgan fingerprint density at radius 1 is 1.13 bits per heavy atom. The molecule has 8 nitrogen and oxygen atoms in total. The van der Waals surface area contributed by atoms with Crippen LogP contribution in [0.5, 0.6) is 0 Å². The van der Waals surface area contributed by atoms with Gasteiger partial charge in [0.1, 0.15) is 0 Å². The Morgan fingerprint density at radius 2 is 1.70 bits per heavy atom. The summed E-state index contributed by atoms with van der Waals surface area (Å²) in [4.78, 5) is 10.1. The molecular formula is C14H18N2O6S. The van der Waals surface area contributed by atoms with E-state index >= 15 is 0 Å². The van der Waals surface area contributed by atoms with Crippen LogP contribution in [0.25, 0.3) is 0 Å². The third kappa shape index (κ3) is 3.52. The maximum atomic E-state index is 12.5. The minimum absolute atomic E-state index is 0.0541. The van der Waals surface area contributed by atoms with Crippen LogP contribution in [-0.4, -0.2) is 49.7 Å². The zero-order valence-electron chi connectivity index (χ0n) is 12.5. The molecule has 0 amide bonds. The minimum Gasteiger partial charge on any atom is -0.347 e. The van der Waals surface area contributed by atoms with Gasteiger partial charge in [0.25, 0.3) is 5.69 Å². The Labute approximate surface area is 134 Å². The first-order chi connectivity index (χ1) is 10.9. The molecule has 0 saturated carbocycles. The summed E-state index contributed by atoms with van der Waals surface area (Å²) >= 11 is 0. The van der Waals surface area contributed by atoms with Crippen molar-refractivity contribution in [2.24, 2.45) is 0 Å². The normalized spacial score (nSPS) is 21.6. The van der Waals surface area contributed by atoms with Gasteiger partial charge in [-0.3, -0.25) is 10.1 Å². The lowest BCUT2D eigenvalue weighted by Crippen LogP contribution is -2.47. The highest BCUT2D eigenvalue weighted by molar-refractivity contribution is 7.88. The van der Waals surface area contributed by atoms with E-state index in [9.17, 15) is 18.5 Å². The molecule has 0 atom stereocenters. The third-order valence-corrected chi connectivity index (χ3v) is 6.04. The second-order valence-electron chi connectivity index (χ2n) is 5.69. The fraction of sp³-hybridized carbons (Fsp3) is 0.571. The summed E-state index contributed by atoms with van der Waals surface area (Å²) < 4.78 is 37.6. The van der Waals surface area contributed by atoms with Crippen LogP contribution in [0.3, 0.4) is 0 Å². The van der Waals surface area contributed by atoms with Gasteiger partial charge in [-0.2, -0.15) is 0 Å². The average molecular weight is 342 g/mol. The van der Waals surface area contributed by atoms with E-state index in [0.717, 1.165) is 0 Å². The number of hydrogen-bond acceptors (Lipinski definition) is 6. The second-order valence-corrected chi connectivity index (χ2v) is 7.66. The van der Waals surface area contributed by atoms with Gasteiger partial charge in [-0.15, -0.1) is 0 Å². The van der Waals surface area contributed by atoms with Gasteiger partial charge >= 0.3 is 0 Å². The number of piperidine rings is 1. The molecule has 0 radical (unpaired) electrons. The number of non-ortho nitro benzene ring substituents is 1. The van der Waals surface area contributed by atoms with Gasteiger partial charge in [0.15, 0.2) is 5.79 Å². The highest BCUT2D eigenvalue weighted by Gasteiger charge is 2.42. The van der Waals surface area contributed by atoms with Crippen molar-refractivity contribution >= 4 is 15.7 Å². The van der Waals surface area contributed by atoms with Gasteiger partial charge in [0.05, 0.1) is 23.9 Å². The van der Waals surface area contributed by atoms with Crippen LogP contribution in [0, 0.1) is 10.1 Å². The zero-order chi connectivity index (χ0) is 16.5.